The number of rotatable bonds is 7. The number of hydrogen-bond donors (Lipinski definition) is 1. The van der Waals surface area contributed by atoms with Gasteiger partial charge in [0, 0.05) is 10.3 Å². The smallest absolute Gasteiger partial charge is 0.348 e. The first-order valence-corrected chi connectivity index (χ1v) is 11.6. The molecule has 1 amide bonds. The number of nitrogens with zero attached hydrogens (tertiary/aromatic N) is 3. The number of aryl methyl sites for hydroxylation is 1. The van der Waals surface area contributed by atoms with E-state index in [1.165, 1.54) is 35.2 Å². The third-order valence-corrected chi connectivity index (χ3v) is 6.64. The van der Waals surface area contributed by atoms with Crippen molar-refractivity contribution >= 4 is 50.9 Å². The quantitative estimate of drug-likeness (QED) is 0.297. The maximum Gasteiger partial charge on any atom is 0.348 e. The van der Waals surface area contributed by atoms with Crippen LogP contribution in [0.4, 0.5) is 10.1 Å². The Morgan fingerprint density at radius 2 is 2.00 bits per heavy atom. The van der Waals surface area contributed by atoms with E-state index >= 15 is 0 Å². The zero-order chi connectivity index (χ0) is 23.4. The summed E-state index contributed by atoms with van der Waals surface area (Å²) in [4.78, 5) is 26.7. The highest BCUT2D eigenvalue weighted by Gasteiger charge is 2.19. The Kier molecular flexibility index (Phi) is 6.72. The second-order valence-electron chi connectivity index (χ2n) is 6.87. The molecule has 0 aliphatic carbocycles. The molecule has 0 aliphatic rings. The Morgan fingerprint density at radius 3 is 2.76 bits per heavy atom. The molecule has 2 aromatic carbocycles. The van der Waals surface area contributed by atoms with Gasteiger partial charge in [-0.3, -0.25) is 4.79 Å². The summed E-state index contributed by atoms with van der Waals surface area (Å²) >= 11 is 2.49. The minimum atomic E-state index is -0.622. The van der Waals surface area contributed by atoms with Gasteiger partial charge >= 0.3 is 5.97 Å². The number of benzene rings is 2. The molecule has 1 N–H and O–H groups in total. The van der Waals surface area contributed by atoms with E-state index < -0.39 is 18.5 Å². The molecule has 2 aromatic heterocycles. The molecule has 0 radical (unpaired) electrons. The van der Waals surface area contributed by atoms with Crippen LogP contribution in [0.2, 0.25) is 0 Å². The second kappa shape index (κ2) is 9.85. The molecule has 166 valence electrons. The summed E-state index contributed by atoms with van der Waals surface area (Å²) in [5.74, 6) is -1.20. The number of fused-ring (bicyclic) bond motifs is 1. The summed E-state index contributed by atoms with van der Waals surface area (Å²) in [6.45, 7) is 1.37. The van der Waals surface area contributed by atoms with Gasteiger partial charge < -0.3 is 10.1 Å². The standard InChI is InChI=1S/C23H17FN4O3S2/c1-14-17-12-20(33-22(17)28(27-14)16-8-6-15(24)7-9-16)23(30)31-13-21(29)26-18-4-2-3-5-19(18)32-11-10-25/h2-9,12H,11,13H2,1H3,(H,26,29). The number of ether oxygens (including phenoxy) is 1. The van der Waals surface area contributed by atoms with Crippen LogP contribution in [-0.4, -0.2) is 34.0 Å². The largest absolute Gasteiger partial charge is 0.451 e. The van der Waals surface area contributed by atoms with Crippen LogP contribution in [-0.2, 0) is 9.53 Å². The molecule has 0 saturated carbocycles. The normalized spacial score (nSPS) is 10.7. The van der Waals surface area contributed by atoms with Crippen LogP contribution in [0.25, 0.3) is 15.9 Å². The molecule has 0 aliphatic heterocycles. The van der Waals surface area contributed by atoms with Gasteiger partial charge in [0.05, 0.1) is 28.9 Å². The van der Waals surface area contributed by atoms with Gasteiger partial charge in [0.1, 0.15) is 15.5 Å². The summed E-state index contributed by atoms with van der Waals surface area (Å²) in [7, 11) is 0. The van der Waals surface area contributed by atoms with Gasteiger partial charge in [0.25, 0.3) is 5.91 Å². The zero-order valence-corrected chi connectivity index (χ0v) is 19.0. The number of thiophene rings is 1. The molecule has 0 spiro atoms. The number of esters is 1. The lowest BCUT2D eigenvalue weighted by molar-refractivity contribution is -0.119. The fourth-order valence-corrected chi connectivity index (χ4v) is 4.85. The molecule has 2 heterocycles. The highest BCUT2D eigenvalue weighted by molar-refractivity contribution is 7.99. The molecule has 7 nitrogen and oxygen atoms in total. The van der Waals surface area contributed by atoms with Gasteiger partial charge in [-0.1, -0.05) is 12.1 Å². The van der Waals surface area contributed by atoms with Crippen LogP contribution in [0.15, 0.2) is 59.5 Å². The highest BCUT2D eigenvalue weighted by atomic mass is 32.2. The zero-order valence-electron chi connectivity index (χ0n) is 17.4. The van der Waals surface area contributed by atoms with Crippen LogP contribution < -0.4 is 5.32 Å². The molecule has 0 saturated heterocycles. The average Bonchev–Trinajstić information content (AvgIpc) is 3.38. The maximum absolute atomic E-state index is 13.3. The van der Waals surface area contributed by atoms with Crippen LogP contribution >= 0.6 is 23.1 Å². The molecule has 10 heteroatoms. The lowest BCUT2D eigenvalue weighted by Gasteiger charge is -2.09. The summed E-state index contributed by atoms with van der Waals surface area (Å²) in [5.41, 5.74) is 1.94. The Hall–Kier alpha value is -3.68. The molecule has 0 fully saturated rings. The van der Waals surface area contributed by atoms with E-state index in [1.54, 1.807) is 41.1 Å². The number of halogens is 1. The number of anilines is 1. The van der Waals surface area contributed by atoms with Crippen LogP contribution in [0, 0.1) is 24.1 Å². The second-order valence-corrected chi connectivity index (χ2v) is 8.92. The molecule has 33 heavy (non-hydrogen) atoms. The Bertz CT molecular complexity index is 1370. The van der Waals surface area contributed by atoms with Gasteiger partial charge in [-0.25, -0.2) is 13.9 Å². The number of nitriles is 1. The fourth-order valence-electron chi connectivity index (χ4n) is 3.10. The van der Waals surface area contributed by atoms with Gasteiger partial charge in [-0.2, -0.15) is 10.4 Å². The van der Waals surface area contributed by atoms with Gasteiger partial charge in [-0.15, -0.1) is 23.1 Å². The molecular weight excluding hydrogens is 463 g/mol. The van der Waals surface area contributed by atoms with Crippen molar-refractivity contribution in [2.24, 2.45) is 0 Å². The Morgan fingerprint density at radius 1 is 1.24 bits per heavy atom. The number of aromatic nitrogens is 2. The number of hydrogen-bond acceptors (Lipinski definition) is 7. The van der Waals surface area contributed by atoms with E-state index in [1.807, 2.05) is 19.1 Å². The van der Waals surface area contributed by atoms with Crippen molar-refractivity contribution in [1.29, 1.82) is 5.26 Å². The summed E-state index contributed by atoms with van der Waals surface area (Å²) in [6, 6.07) is 16.7. The van der Waals surface area contributed by atoms with Crippen LogP contribution in [0.5, 0.6) is 0 Å². The van der Waals surface area contributed by atoms with Crippen molar-refractivity contribution in [3.63, 3.8) is 0 Å². The van der Waals surface area contributed by atoms with E-state index in [9.17, 15) is 14.0 Å². The number of para-hydroxylation sites is 1. The number of carbonyl (C=O) groups excluding carboxylic acids is 2. The SMILES string of the molecule is Cc1nn(-c2ccc(F)cc2)c2sc(C(=O)OCC(=O)Nc3ccccc3SCC#N)cc12. The third kappa shape index (κ3) is 5.05. The van der Waals surface area contributed by atoms with Gasteiger partial charge in [0.15, 0.2) is 6.61 Å². The summed E-state index contributed by atoms with van der Waals surface area (Å²) in [6.07, 6.45) is 0. The molecule has 0 atom stereocenters. The van der Waals surface area contributed by atoms with Crippen molar-refractivity contribution < 1.29 is 18.7 Å². The Balaban J connectivity index is 1.44. The first kappa shape index (κ1) is 22.5. The average molecular weight is 481 g/mol. The van der Waals surface area contributed by atoms with Crippen molar-refractivity contribution in [3.05, 3.63) is 71.0 Å². The summed E-state index contributed by atoms with van der Waals surface area (Å²) < 4.78 is 20.1. The number of nitrogens with one attached hydrogen (secondary N) is 1. The topological polar surface area (TPSA) is 97.0 Å². The third-order valence-electron chi connectivity index (χ3n) is 4.60. The van der Waals surface area contributed by atoms with Crippen molar-refractivity contribution in [2.75, 3.05) is 17.7 Å². The minimum Gasteiger partial charge on any atom is -0.451 e. The molecule has 0 bridgehead atoms. The fraction of sp³-hybridized carbons (Fsp3) is 0.130. The Labute approximate surface area is 196 Å². The van der Waals surface area contributed by atoms with E-state index in [0.29, 0.717) is 21.9 Å². The predicted molar refractivity (Wildman–Crippen MR) is 125 cm³/mol. The van der Waals surface area contributed by atoms with E-state index in [4.69, 9.17) is 10.00 Å². The van der Waals surface area contributed by atoms with Crippen LogP contribution in [0.1, 0.15) is 15.4 Å². The van der Waals surface area contributed by atoms with Crippen LogP contribution in [0.3, 0.4) is 0 Å². The number of thioether (sulfide) groups is 1. The predicted octanol–water partition coefficient (Wildman–Crippen LogP) is 4.95. The maximum atomic E-state index is 13.3. The first-order chi connectivity index (χ1) is 16.0. The lowest BCUT2D eigenvalue weighted by atomic mass is 10.3. The van der Waals surface area contributed by atoms with Crippen molar-refractivity contribution in [2.45, 2.75) is 11.8 Å². The van der Waals surface area contributed by atoms with Gasteiger partial charge in [-0.05, 0) is 49.4 Å². The van der Waals surface area contributed by atoms with Crippen molar-refractivity contribution in [1.82, 2.24) is 9.78 Å². The van der Waals surface area contributed by atoms with E-state index in [-0.39, 0.29) is 11.6 Å². The number of carbonyl (C=O) groups is 2. The highest BCUT2D eigenvalue weighted by Crippen LogP contribution is 2.31. The monoisotopic (exact) mass is 480 g/mol. The molecule has 4 aromatic rings. The van der Waals surface area contributed by atoms with Gasteiger partial charge in [0.2, 0.25) is 0 Å². The lowest BCUT2D eigenvalue weighted by Crippen LogP contribution is -2.21. The number of amides is 1. The first-order valence-electron chi connectivity index (χ1n) is 9.77. The summed E-state index contributed by atoms with van der Waals surface area (Å²) in [5, 5.41) is 16.7. The minimum absolute atomic E-state index is 0.253. The molecule has 0 unspecified atom stereocenters. The molecular formula is C23H17FN4O3S2. The van der Waals surface area contributed by atoms with Crippen molar-refractivity contribution in [3.8, 4) is 11.8 Å². The molecule has 4 rings (SSSR count). The van der Waals surface area contributed by atoms with E-state index in [0.717, 1.165) is 15.1 Å². The van der Waals surface area contributed by atoms with E-state index in [2.05, 4.69) is 10.4 Å².